The minimum absolute atomic E-state index is 0.632. The maximum Gasteiger partial charge on any atom is 0.224 e. The van der Waals surface area contributed by atoms with Crippen LogP contribution >= 0.6 is 0 Å². The van der Waals surface area contributed by atoms with Crippen LogP contribution in [-0.2, 0) is 0 Å². The lowest BCUT2D eigenvalue weighted by Gasteiger charge is -2.09. The molecule has 0 fully saturated rings. The molecule has 1 heterocycles. The van der Waals surface area contributed by atoms with Crippen LogP contribution in [0.1, 0.15) is 12.1 Å². The zero-order chi connectivity index (χ0) is 14.2. The van der Waals surface area contributed by atoms with Gasteiger partial charge in [-0.15, -0.1) is 0 Å². The first kappa shape index (κ1) is 14.1. The SMILES string of the molecule is CNc1nc(C)cc(NCCCOc2ccccc2)n1. The lowest BCUT2D eigenvalue weighted by Crippen LogP contribution is -2.09. The van der Waals surface area contributed by atoms with Crippen LogP contribution in [0.4, 0.5) is 11.8 Å². The quantitative estimate of drug-likeness (QED) is 0.759. The van der Waals surface area contributed by atoms with E-state index in [1.165, 1.54) is 0 Å². The summed E-state index contributed by atoms with van der Waals surface area (Å²) in [6.45, 7) is 3.44. The third kappa shape index (κ3) is 4.42. The normalized spacial score (nSPS) is 10.1. The highest BCUT2D eigenvalue weighted by molar-refractivity contribution is 5.41. The molecule has 5 nitrogen and oxygen atoms in total. The first-order chi connectivity index (χ1) is 9.78. The second-order valence-electron chi connectivity index (χ2n) is 4.41. The molecule has 0 aliphatic heterocycles. The molecule has 0 aliphatic carbocycles. The summed E-state index contributed by atoms with van der Waals surface area (Å²) >= 11 is 0. The van der Waals surface area contributed by atoms with E-state index in [9.17, 15) is 0 Å². The molecule has 0 saturated carbocycles. The minimum Gasteiger partial charge on any atom is -0.494 e. The fourth-order valence-electron chi connectivity index (χ4n) is 1.77. The molecule has 106 valence electrons. The highest BCUT2D eigenvalue weighted by Crippen LogP contribution is 2.10. The molecule has 5 heteroatoms. The average Bonchev–Trinajstić information content (AvgIpc) is 2.47. The zero-order valence-electron chi connectivity index (χ0n) is 11.9. The highest BCUT2D eigenvalue weighted by atomic mass is 16.5. The van der Waals surface area contributed by atoms with E-state index in [1.807, 2.05) is 50.4 Å². The van der Waals surface area contributed by atoms with Gasteiger partial charge >= 0.3 is 0 Å². The van der Waals surface area contributed by atoms with Gasteiger partial charge in [0.25, 0.3) is 0 Å². The first-order valence-electron chi connectivity index (χ1n) is 6.73. The predicted octanol–water partition coefficient (Wildman–Crippen LogP) is 2.71. The number of ether oxygens (including phenoxy) is 1. The largest absolute Gasteiger partial charge is 0.494 e. The minimum atomic E-state index is 0.632. The van der Waals surface area contributed by atoms with Gasteiger partial charge in [-0.2, -0.15) is 4.98 Å². The number of nitrogens with zero attached hydrogens (tertiary/aromatic N) is 2. The van der Waals surface area contributed by atoms with Crippen molar-refractivity contribution < 1.29 is 4.74 Å². The van der Waals surface area contributed by atoms with Gasteiger partial charge in [0.15, 0.2) is 0 Å². The first-order valence-corrected chi connectivity index (χ1v) is 6.73. The molecule has 2 N–H and O–H groups in total. The molecular formula is C15H20N4O. The summed E-state index contributed by atoms with van der Waals surface area (Å²) in [6, 6.07) is 11.8. The summed E-state index contributed by atoms with van der Waals surface area (Å²) in [4.78, 5) is 8.58. The van der Waals surface area contributed by atoms with Gasteiger partial charge in [0, 0.05) is 25.4 Å². The van der Waals surface area contributed by atoms with Crippen LogP contribution in [0.5, 0.6) is 5.75 Å². The van der Waals surface area contributed by atoms with E-state index in [2.05, 4.69) is 20.6 Å². The number of benzene rings is 1. The van der Waals surface area contributed by atoms with Crippen LogP contribution in [0.3, 0.4) is 0 Å². The standard InChI is InChI=1S/C15H20N4O/c1-12-11-14(19-15(16-2)18-12)17-9-6-10-20-13-7-4-3-5-8-13/h3-5,7-8,11H,6,9-10H2,1-2H3,(H2,16,17,18,19). The zero-order valence-corrected chi connectivity index (χ0v) is 11.9. The lowest BCUT2D eigenvalue weighted by atomic mass is 10.3. The van der Waals surface area contributed by atoms with Gasteiger partial charge in [-0.3, -0.25) is 0 Å². The Labute approximate surface area is 119 Å². The van der Waals surface area contributed by atoms with Crippen molar-refractivity contribution in [2.24, 2.45) is 0 Å². The van der Waals surface area contributed by atoms with Crippen molar-refractivity contribution >= 4 is 11.8 Å². The van der Waals surface area contributed by atoms with Crippen LogP contribution in [0.2, 0.25) is 0 Å². The molecule has 1 aromatic carbocycles. The monoisotopic (exact) mass is 272 g/mol. The van der Waals surface area contributed by atoms with Gasteiger partial charge in [-0.05, 0) is 25.5 Å². The third-order valence-corrected chi connectivity index (χ3v) is 2.72. The predicted molar refractivity (Wildman–Crippen MR) is 81.4 cm³/mol. The number of hydrogen-bond donors (Lipinski definition) is 2. The highest BCUT2D eigenvalue weighted by Gasteiger charge is 2.00. The number of aromatic nitrogens is 2. The van der Waals surface area contributed by atoms with Gasteiger partial charge < -0.3 is 15.4 Å². The Balaban J connectivity index is 1.72. The summed E-state index contributed by atoms with van der Waals surface area (Å²) < 4.78 is 5.63. The van der Waals surface area contributed by atoms with Crippen molar-refractivity contribution in [2.75, 3.05) is 30.8 Å². The van der Waals surface area contributed by atoms with Crippen molar-refractivity contribution in [3.05, 3.63) is 42.1 Å². The molecule has 0 radical (unpaired) electrons. The van der Waals surface area contributed by atoms with Crippen LogP contribution in [0.15, 0.2) is 36.4 Å². The Bertz CT molecular complexity index is 531. The third-order valence-electron chi connectivity index (χ3n) is 2.72. The van der Waals surface area contributed by atoms with Gasteiger partial charge in [-0.1, -0.05) is 18.2 Å². The van der Waals surface area contributed by atoms with Gasteiger partial charge in [0.1, 0.15) is 11.6 Å². The molecule has 0 saturated heterocycles. The lowest BCUT2D eigenvalue weighted by molar-refractivity contribution is 0.315. The van der Waals surface area contributed by atoms with Crippen molar-refractivity contribution in [1.29, 1.82) is 0 Å². The van der Waals surface area contributed by atoms with E-state index in [0.717, 1.165) is 30.2 Å². The van der Waals surface area contributed by atoms with Crippen molar-refractivity contribution in [3.8, 4) is 5.75 Å². The second-order valence-corrected chi connectivity index (χ2v) is 4.41. The number of rotatable bonds is 7. The molecule has 0 spiro atoms. The van der Waals surface area contributed by atoms with Crippen LogP contribution < -0.4 is 15.4 Å². The molecule has 20 heavy (non-hydrogen) atoms. The van der Waals surface area contributed by atoms with Gasteiger partial charge in [0.05, 0.1) is 6.61 Å². The fraction of sp³-hybridized carbons (Fsp3) is 0.333. The van der Waals surface area contributed by atoms with Crippen molar-refractivity contribution in [1.82, 2.24) is 9.97 Å². The molecule has 0 amide bonds. The maximum atomic E-state index is 5.63. The fourth-order valence-corrected chi connectivity index (χ4v) is 1.77. The topological polar surface area (TPSA) is 59.1 Å². The summed E-state index contributed by atoms with van der Waals surface area (Å²) in [5.74, 6) is 2.37. The smallest absolute Gasteiger partial charge is 0.224 e. The molecule has 0 unspecified atom stereocenters. The Hall–Kier alpha value is -2.30. The summed E-state index contributed by atoms with van der Waals surface area (Å²) in [5, 5.41) is 6.22. The molecule has 0 atom stereocenters. The molecule has 2 aromatic rings. The van der Waals surface area contributed by atoms with E-state index in [-0.39, 0.29) is 0 Å². The van der Waals surface area contributed by atoms with Crippen LogP contribution in [-0.4, -0.2) is 30.2 Å². The van der Waals surface area contributed by atoms with Crippen molar-refractivity contribution in [3.63, 3.8) is 0 Å². The molecule has 0 aliphatic rings. The van der Waals surface area contributed by atoms with Crippen LogP contribution in [0.25, 0.3) is 0 Å². The number of anilines is 2. The van der Waals surface area contributed by atoms with Gasteiger partial charge in [-0.25, -0.2) is 4.98 Å². The number of aryl methyl sites for hydroxylation is 1. The Morgan fingerprint density at radius 1 is 1.15 bits per heavy atom. The maximum absolute atomic E-state index is 5.63. The summed E-state index contributed by atoms with van der Waals surface area (Å²) in [6.07, 6.45) is 0.910. The molecule has 2 rings (SSSR count). The molecule has 0 bridgehead atoms. The van der Waals surface area contributed by atoms with Crippen molar-refractivity contribution in [2.45, 2.75) is 13.3 Å². The van der Waals surface area contributed by atoms with E-state index in [1.54, 1.807) is 0 Å². The van der Waals surface area contributed by atoms with E-state index >= 15 is 0 Å². The van der Waals surface area contributed by atoms with E-state index < -0.39 is 0 Å². The Morgan fingerprint density at radius 3 is 2.70 bits per heavy atom. The Kier molecular flexibility index (Phi) is 5.17. The van der Waals surface area contributed by atoms with Crippen LogP contribution in [0, 0.1) is 6.92 Å². The van der Waals surface area contributed by atoms with E-state index in [4.69, 9.17) is 4.74 Å². The van der Waals surface area contributed by atoms with Gasteiger partial charge in [0.2, 0.25) is 5.95 Å². The summed E-state index contributed by atoms with van der Waals surface area (Å²) in [5.41, 5.74) is 0.937. The number of nitrogens with one attached hydrogen (secondary N) is 2. The molecular weight excluding hydrogens is 252 g/mol. The number of para-hydroxylation sites is 1. The second kappa shape index (κ2) is 7.33. The number of hydrogen-bond acceptors (Lipinski definition) is 5. The average molecular weight is 272 g/mol. The summed E-state index contributed by atoms with van der Waals surface area (Å²) in [7, 11) is 1.81. The molecule has 1 aromatic heterocycles. The van der Waals surface area contributed by atoms with E-state index in [0.29, 0.717) is 12.6 Å². The Morgan fingerprint density at radius 2 is 1.95 bits per heavy atom.